The number of carbonyl (C=O) groups excluding carboxylic acids is 1. The first-order valence-electron chi connectivity index (χ1n) is 9.12. The van der Waals surface area contributed by atoms with Crippen LogP contribution >= 0.6 is 24.8 Å². The summed E-state index contributed by atoms with van der Waals surface area (Å²) in [4.78, 5) is 17.1. The highest BCUT2D eigenvalue weighted by atomic mass is 35.5. The maximum Gasteiger partial charge on any atom is 0.253 e. The molecule has 1 atom stereocenters. The van der Waals surface area contributed by atoms with E-state index in [2.05, 4.69) is 51.7 Å². The normalized spacial score (nSPS) is 19.1. The van der Waals surface area contributed by atoms with Crippen LogP contribution in [0, 0.1) is 5.41 Å². The zero-order chi connectivity index (χ0) is 17.9. The van der Waals surface area contributed by atoms with Crippen molar-refractivity contribution in [3.8, 4) is 0 Å². The van der Waals surface area contributed by atoms with Gasteiger partial charge in [0.2, 0.25) is 0 Å². The minimum Gasteiger partial charge on any atom is -0.338 e. The topological polar surface area (TPSA) is 49.6 Å². The molecule has 0 radical (unpaired) electrons. The number of nitrogens with two attached hydrogens (primary N) is 1. The van der Waals surface area contributed by atoms with Crippen LogP contribution in [0.2, 0.25) is 0 Å². The van der Waals surface area contributed by atoms with Gasteiger partial charge in [0.1, 0.15) is 0 Å². The van der Waals surface area contributed by atoms with Crippen LogP contribution in [0.3, 0.4) is 0 Å². The average molecular weight is 404 g/mol. The Morgan fingerprint density at radius 2 is 1.85 bits per heavy atom. The van der Waals surface area contributed by atoms with Gasteiger partial charge >= 0.3 is 0 Å². The molecule has 0 saturated carbocycles. The van der Waals surface area contributed by atoms with Crippen LogP contribution in [0.25, 0.3) is 0 Å². The summed E-state index contributed by atoms with van der Waals surface area (Å²) in [6.07, 6.45) is 0.872. The van der Waals surface area contributed by atoms with Crippen LogP contribution in [0.15, 0.2) is 24.3 Å². The molecule has 1 saturated heterocycles. The highest BCUT2D eigenvalue weighted by molar-refractivity contribution is 5.94. The van der Waals surface area contributed by atoms with Crippen molar-refractivity contribution < 1.29 is 4.79 Å². The van der Waals surface area contributed by atoms with Crippen LogP contribution in [0.4, 0.5) is 0 Å². The Bertz CT molecular complexity index is 561. The van der Waals surface area contributed by atoms with E-state index < -0.39 is 0 Å². The van der Waals surface area contributed by atoms with Crippen molar-refractivity contribution in [1.82, 2.24) is 9.80 Å². The van der Waals surface area contributed by atoms with Crippen LogP contribution < -0.4 is 5.73 Å². The van der Waals surface area contributed by atoms with Gasteiger partial charge in [-0.15, -0.1) is 24.8 Å². The van der Waals surface area contributed by atoms with Crippen molar-refractivity contribution in [3.05, 3.63) is 35.4 Å². The summed E-state index contributed by atoms with van der Waals surface area (Å²) in [6, 6.07) is 8.79. The molecule has 1 fully saturated rings. The molecule has 1 amide bonds. The fourth-order valence-electron chi connectivity index (χ4n) is 3.38. The quantitative estimate of drug-likeness (QED) is 0.808. The molecule has 6 heteroatoms. The van der Waals surface area contributed by atoms with Crippen LogP contribution in [0.5, 0.6) is 0 Å². The van der Waals surface area contributed by atoms with Gasteiger partial charge in [0.25, 0.3) is 5.91 Å². The van der Waals surface area contributed by atoms with Gasteiger partial charge in [0.05, 0.1) is 0 Å². The van der Waals surface area contributed by atoms with Crippen molar-refractivity contribution in [2.75, 3.05) is 19.6 Å². The Kier molecular flexibility index (Phi) is 10.2. The minimum absolute atomic E-state index is 0. The van der Waals surface area contributed by atoms with Crippen LogP contribution in [-0.2, 0) is 6.54 Å². The monoisotopic (exact) mass is 403 g/mol. The SMILES string of the molecule is CCN(Cc1ccc(C(=O)N2CCC(N)C(C)(C)C2)cc1)C(C)C.Cl.Cl. The predicted molar refractivity (Wildman–Crippen MR) is 114 cm³/mol. The molecule has 0 bridgehead atoms. The molecule has 1 heterocycles. The van der Waals surface area contributed by atoms with E-state index in [9.17, 15) is 4.79 Å². The Morgan fingerprint density at radius 1 is 1.27 bits per heavy atom. The van der Waals surface area contributed by atoms with Gasteiger partial charge in [-0.3, -0.25) is 9.69 Å². The largest absolute Gasteiger partial charge is 0.338 e. The number of halogens is 2. The van der Waals surface area contributed by atoms with Crippen LogP contribution in [-0.4, -0.2) is 47.4 Å². The van der Waals surface area contributed by atoms with Crippen molar-refractivity contribution in [1.29, 1.82) is 0 Å². The van der Waals surface area contributed by atoms with Gasteiger partial charge < -0.3 is 10.6 Å². The zero-order valence-corrected chi connectivity index (χ0v) is 18.3. The second-order valence-corrected chi connectivity index (χ2v) is 7.96. The van der Waals surface area contributed by atoms with E-state index in [1.54, 1.807) is 0 Å². The zero-order valence-electron chi connectivity index (χ0n) is 16.7. The highest BCUT2D eigenvalue weighted by Gasteiger charge is 2.35. The molecule has 1 aromatic carbocycles. The van der Waals surface area contributed by atoms with Gasteiger partial charge in [0, 0.05) is 37.3 Å². The van der Waals surface area contributed by atoms with Crippen molar-refractivity contribution in [2.24, 2.45) is 11.1 Å². The first kappa shape index (κ1) is 25.2. The van der Waals surface area contributed by atoms with Crippen LogP contribution in [0.1, 0.15) is 57.0 Å². The summed E-state index contributed by atoms with van der Waals surface area (Å²) in [7, 11) is 0. The summed E-state index contributed by atoms with van der Waals surface area (Å²) >= 11 is 0. The van der Waals surface area contributed by atoms with Crippen molar-refractivity contribution in [3.63, 3.8) is 0 Å². The van der Waals surface area contributed by atoms with Gasteiger partial charge in [-0.2, -0.15) is 0 Å². The van der Waals surface area contributed by atoms with Gasteiger partial charge in [-0.25, -0.2) is 0 Å². The first-order valence-corrected chi connectivity index (χ1v) is 9.12. The van der Waals surface area contributed by atoms with E-state index >= 15 is 0 Å². The van der Waals surface area contributed by atoms with E-state index in [4.69, 9.17) is 5.73 Å². The number of nitrogens with zero attached hydrogens (tertiary/aromatic N) is 2. The van der Waals surface area contributed by atoms with Gasteiger partial charge in [-0.05, 0) is 49.9 Å². The molecule has 1 unspecified atom stereocenters. The maximum absolute atomic E-state index is 12.8. The summed E-state index contributed by atoms with van der Waals surface area (Å²) in [5, 5.41) is 0. The molecule has 150 valence electrons. The van der Waals surface area contributed by atoms with E-state index in [0.29, 0.717) is 6.04 Å². The Labute approximate surface area is 171 Å². The molecular formula is C20H35Cl2N3O. The van der Waals surface area contributed by atoms with Crippen molar-refractivity contribution in [2.45, 2.75) is 59.7 Å². The van der Waals surface area contributed by atoms with E-state index in [0.717, 1.165) is 38.2 Å². The molecule has 1 aromatic rings. The molecule has 26 heavy (non-hydrogen) atoms. The van der Waals surface area contributed by atoms with Gasteiger partial charge in [0.15, 0.2) is 0 Å². The number of hydrogen-bond donors (Lipinski definition) is 1. The Morgan fingerprint density at radius 3 is 2.31 bits per heavy atom. The molecule has 0 aromatic heterocycles. The number of piperidine rings is 1. The lowest BCUT2D eigenvalue weighted by Crippen LogP contribution is -2.54. The molecular weight excluding hydrogens is 369 g/mol. The third-order valence-corrected chi connectivity index (χ3v) is 5.32. The predicted octanol–water partition coefficient (Wildman–Crippen LogP) is 3.96. The summed E-state index contributed by atoms with van der Waals surface area (Å²) in [5.74, 6) is 0.123. The lowest BCUT2D eigenvalue weighted by molar-refractivity contribution is 0.0533. The second kappa shape index (κ2) is 10.5. The average Bonchev–Trinajstić information content (AvgIpc) is 2.54. The maximum atomic E-state index is 12.8. The standard InChI is InChI=1S/C20H33N3O.2ClH/c1-6-22(15(2)3)13-16-7-9-17(10-8-16)19(24)23-12-11-18(21)20(4,5)14-23;;/h7-10,15,18H,6,11-14,21H2,1-5H3;2*1H. The van der Waals surface area contributed by atoms with Gasteiger partial charge in [-0.1, -0.05) is 32.9 Å². The van der Waals surface area contributed by atoms with E-state index in [1.165, 1.54) is 5.56 Å². The molecule has 1 aliphatic rings. The molecule has 4 nitrogen and oxygen atoms in total. The lowest BCUT2D eigenvalue weighted by atomic mass is 9.79. The first-order chi connectivity index (χ1) is 11.2. The molecule has 0 aliphatic carbocycles. The third kappa shape index (κ3) is 6.12. The van der Waals surface area contributed by atoms with E-state index in [1.807, 2.05) is 17.0 Å². The summed E-state index contributed by atoms with van der Waals surface area (Å²) in [5.41, 5.74) is 8.18. The van der Waals surface area contributed by atoms with Crippen molar-refractivity contribution >= 4 is 30.7 Å². The number of likely N-dealkylation sites (tertiary alicyclic amines) is 1. The summed E-state index contributed by atoms with van der Waals surface area (Å²) < 4.78 is 0. The number of rotatable bonds is 5. The molecule has 0 spiro atoms. The molecule has 2 N–H and O–H groups in total. The Balaban J connectivity index is 0.00000312. The number of amides is 1. The Hall–Kier alpha value is -0.810. The number of benzene rings is 1. The lowest BCUT2D eigenvalue weighted by Gasteiger charge is -2.42. The minimum atomic E-state index is -0.0211. The molecule has 1 aliphatic heterocycles. The molecule has 2 rings (SSSR count). The number of carbonyl (C=O) groups is 1. The summed E-state index contributed by atoms with van der Waals surface area (Å²) in [6.45, 7) is 14.3. The smallest absolute Gasteiger partial charge is 0.253 e. The fourth-order valence-corrected chi connectivity index (χ4v) is 3.38. The second-order valence-electron chi connectivity index (χ2n) is 7.96. The van der Waals surface area contributed by atoms with E-state index in [-0.39, 0.29) is 42.2 Å². The highest BCUT2D eigenvalue weighted by Crippen LogP contribution is 2.28. The third-order valence-electron chi connectivity index (χ3n) is 5.32. The fraction of sp³-hybridized carbons (Fsp3) is 0.650. The number of hydrogen-bond acceptors (Lipinski definition) is 3.